The van der Waals surface area contributed by atoms with E-state index in [1.807, 2.05) is 19.9 Å². The number of alkyl halides is 3. The van der Waals surface area contributed by atoms with Crippen molar-refractivity contribution in [3.63, 3.8) is 0 Å². The highest BCUT2D eigenvalue weighted by atomic mass is 19.4. The molecule has 2 N–H and O–H groups in total. The molecule has 1 unspecified atom stereocenters. The van der Waals surface area contributed by atoms with Crippen molar-refractivity contribution in [1.82, 2.24) is 10.2 Å². The lowest BCUT2D eigenvalue weighted by Gasteiger charge is -2.22. The Morgan fingerprint density at radius 1 is 1.13 bits per heavy atom. The molecule has 1 saturated heterocycles. The number of ether oxygens (including phenoxy) is 1. The van der Waals surface area contributed by atoms with Gasteiger partial charge in [-0.25, -0.2) is 4.79 Å². The van der Waals surface area contributed by atoms with Gasteiger partial charge in [-0.3, -0.25) is 14.5 Å². The molecule has 1 fully saturated rings. The summed E-state index contributed by atoms with van der Waals surface area (Å²) in [5.74, 6) is -1.71. The van der Waals surface area contributed by atoms with E-state index in [0.29, 0.717) is 5.69 Å². The molecule has 1 heterocycles. The van der Waals surface area contributed by atoms with E-state index in [-0.39, 0.29) is 5.56 Å². The molecular weight excluding hydrogens is 415 g/mol. The maximum atomic E-state index is 12.9. The summed E-state index contributed by atoms with van der Waals surface area (Å²) >= 11 is 0. The summed E-state index contributed by atoms with van der Waals surface area (Å²) in [5, 5.41) is 5.18. The second-order valence-electron chi connectivity index (χ2n) is 7.31. The lowest BCUT2D eigenvalue weighted by atomic mass is 9.92. The van der Waals surface area contributed by atoms with Gasteiger partial charge in [0.25, 0.3) is 5.91 Å². The van der Waals surface area contributed by atoms with Gasteiger partial charge in [0.1, 0.15) is 17.8 Å². The third-order valence-electron chi connectivity index (χ3n) is 5.12. The molecule has 10 heteroatoms. The molecule has 1 aliphatic heterocycles. The topological polar surface area (TPSA) is 87.7 Å². The second-order valence-corrected chi connectivity index (χ2v) is 7.31. The van der Waals surface area contributed by atoms with E-state index in [0.717, 1.165) is 28.2 Å². The van der Waals surface area contributed by atoms with Crippen LogP contribution in [0.15, 0.2) is 42.5 Å². The van der Waals surface area contributed by atoms with Crippen LogP contribution < -0.4 is 15.4 Å². The number of nitrogens with one attached hydrogen (secondary N) is 2. The van der Waals surface area contributed by atoms with Crippen LogP contribution >= 0.6 is 0 Å². The molecule has 0 bridgehead atoms. The number of carbonyl (C=O) groups is 3. The molecule has 4 amide bonds. The molecule has 2 aromatic rings. The van der Waals surface area contributed by atoms with Gasteiger partial charge in [0.2, 0.25) is 5.91 Å². The predicted octanol–water partition coefficient (Wildman–Crippen LogP) is 3.61. The SMILES string of the molecule is Cc1cccc(NC(=O)CN2C(=O)NC(C)(c3ccc(OC(F)(F)F)cc3)C2=O)c1C. The predicted molar refractivity (Wildman–Crippen MR) is 105 cm³/mol. The van der Waals surface area contributed by atoms with Crippen LogP contribution in [0.3, 0.4) is 0 Å². The lowest BCUT2D eigenvalue weighted by molar-refractivity contribution is -0.274. The van der Waals surface area contributed by atoms with Crippen molar-refractivity contribution >= 4 is 23.5 Å². The van der Waals surface area contributed by atoms with E-state index in [4.69, 9.17) is 0 Å². The largest absolute Gasteiger partial charge is 0.573 e. The van der Waals surface area contributed by atoms with E-state index in [1.165, 1.54) is 19.1 Å². The fraction of sp³-hybridized carbons (Fsp3) is 0.286. The number of hydrogen-bond acceptors (Lipinski definition) is 4. The van der Waals surface area contributed by atoms with Gasteiger partial charge in [0.05, 0.1) is 0 Å². The van der Waals surface area contributed by atoms with Crippen LogP contribution in [-0.2, 0) is 15.1 Å². The van der Waals surface area contributed by atoms with Crippen LogP contribution in [0, 0.1) is 13.8 Å². The minimum absolute atomic E-state index is 0.248. The molecule has 0 aromatic heterocycles. The van der Waals surface area contributed by atoms with Crippen LogP contribution in [0.5, 0.6) is 5.75 Å². The Hall–Kier alpha value is -3.56. The number of aryl methyl sites for hydroxylation is 1. The van der Waals surface area contributed by atoms with Crippen LogP contribution in [0.1, 0.15) is 23.6 Å². The van der Waals surface area contributed by atoms with E-state index in [1.54, 1.807) is 12.1 Å². The smallest absolute Gasteiger partial charge is 0.406 e. The highest BCUT2D eigenvalue weighted by molar-refractivity contribution is 6.10. The molecule has 7 nitrogen and oxygen atoms in total. The zero-order chi connectivity index (χ0) is 23.0. The number of rotatable bonds is 5. The molecule has 1 atom stereocenters. The van der Waals surface area contributed by atoms with Gasteiger partial charge in [-0.05, 0) is 55.7 Å². The number of urea groups is 1. The van der Waals surface area contributed by atoms with E-state index in [2.05, 4.69) is 15.4 Å². The third-order valence-corrected chi connectivity index (χ3v) is 5.12. The fourth-order valence-corrected chi connectivity index (χ4v) is 3.25. The second kappa shape index (κ2) is 7.93. The van der Waals surface area contributed by atoms with Crippen molar-refractivity contribution in [3.05, 3.63) is 59.2 Å². The maximum absolute atomic E-state index is 12.9. The first kappa shape index (κ1) is 22.1. The molecule has 0 saturated carbocycles. The summed E-state index contributed by atoms with van der Waals surface area (Å²) in [6.07, 6.45) is -4.84. The minimum atomic E-state index is -4.84. The van der Waals surface area contributed by atoms with Crippen LogP contribution in [0.25, 0.3) is 0 Å². The van der Waals surface area contributed by atoms with Gasteiger partial charge in [-0.15, -0.1) is 13.2 Å². The zero-order valence-electron chi connectivity index (χ0n) is 17.0. The summed E-state index contributed by atoms with van der Waals surface area (Å²) in [7, 11) is 0. The van der Waals surface area contributed by atoms with E-state index in [9.17, 15) is 27.6 Å². The molecule has 0 spiro atoms. The molecule has 0 aliphatic carbocycles. The first-order valence-electron chi connectivity index (χ1n) is 9.27. The molecule has 31 heavy (non-hydrogen) atoms. The monoisotopic (exact) mass is 435 g/mol. The number of imide groups is 1. The Morgan fingerprint density at radius 2 is 1.77 bits per heavy atom. The first-order chi connectivity index (χ1) is 14.4. The Labute approximate surface area is 176 Å². The van der Waals surface area contributed by atoms with Gasteiger partial charge < -0.3 is 15.4 Å². The summed E-state index contributed by atoms with van der Waals surface area (Å²) < 4.78 is 40.8. The zero-order valence-corrected chi connectivity index (χ0v) is 17.0. The Bertz CT molecular complexity index is 1040. The molecule has 2 aromatic carbocycles. The molecule has 3 rings (SSSR count). The van der Waals surface area contributed by atoms with Crippen molar-refractivity contribution in [2.45, 2.75) is 32.7 Å². The Balaban J connectivity index is 1.73. The average Bonchev–Trinajstić information content (AvgIpc) is 2.89. The summed E-state index contributed by atoms with van der Waals surface area (Å²) in [6.45, 7) is 4.62. The number of benzene rings is 2. The number of amides is 4. The lowest BCUT2D eigenvalue weighted by Crippen LogP contribution is -2.42. The van der Waals surface area contributed by atoms with Crippen molar-refractivity contribution in [2.75, 3.05) is 11.9 Å². The number of halogens is 3. The Kier molecular flexibility index (Phi) is 5.66. The minimum Gasteiger partial charge on any atom is -0.406 e. The van der Waals surface area contributed by atoms with Crippen LogP contribution in [-0.4, -0.2) is 35.7 Å². The van der Waals surface area contributed by atoms with E-state index >= 15 is 0 Å². The molecule has 0 radical (unpaired) electrons. The van der Waals surface area contributed by atoms with Crippen molar-refractivity contribution in [1.29, 1.82) is 0 Å². The first-order valence-corrected chi connectivity index (χ1v) is 9.27. The summed E-state index contributed by atoms with van der Waals surface area (Å²) in [5.41, 5.74) is 1.11. The van der Waals surface area contributed by atoms with Crippen molar-refractivity contribution < 1.29 is 32.3 Å². The Morgan fingerprint density at radius 3 is 2.39 bits per heavy atom. The summed E-state index contributed by atoms with van der Waals surface area (Å²) in [4.78, 5) is 38.5. The molecular formula is C21H20F3N3O4. The van der Waals surface area contributed by atoms with Crippen molar-refractivity contribution in [2.24, 2.45) is 0 Å². The number of anilines is 1. The molecule has 1 aliphatic rings. The van der Waals surface area contributed by atoms with Gasteiger partial charge in [-0.1, -0.05) is 24.3 Å². The number of carbonyl (C=O) groups excluding carboxylic acids is 3. The van der Waals surface area contributed by atoms with Gasteiger partial charge in [0.15, 0.2) is 0 Å². The van der Waals surface area contributed by atoms with Crippen molar-refractivity contribution in [3.8, 4) is 5.75 Å². The highest BCUT2D eigenvalue weighted by Gasteiger charge is 2.49. The number of nitrogens with zero attached hydrogens (tertiary/aromatic N) is 1. The highest BCUT2D eigenvalue weighted by Crippen LogP contribution is 2.31. The van der Waals surface area contributed by atoms with Crippen LogP contribution in [0.4, 0.5) is 23.7 Å². The average molecular weight is 435 g/mol. The van der Waals surface area contributed by atoms with E-state index < -0.39 is 42.0 Å². The standard InChI is InChI=1S/C21H20F3N3O4/c1-12-5-4-6-16(13(12)2)25-17(28)11-27-18(29)20(3,26-19(27)30)14-7-9-15(10-8-14)31-21(22,23)24/h4-10H,11H2,1-3H3,(H,25,28)(H,26,30). The van der Waals surface area contributed by atoms with Gasteiger partial charge >= 0.3 is 12.4 Å². The van der Waals surface area contributed by atoms with Crippen LogP contribution in [0.2, 0.25) is 0 Å². The maximum Gasteiger partial charge on any atom is 0.573 e. The third kappa shape index (κ3) is 4.62. The van der Waals surface area contributed by atoms with Gasteiger partial charge in [0, 0.05) is 5.69 Å². The molecule has 164 valence electrons. The number of hydrogen-bond donors (Lipinski definition) is 2. The van der Waals surface area contributed by atoms with Gasteiger partial charge in [-0.2, -0.15) is 0 Å². The fourth-order valence-electron chi connectivity index (χ4n) is 3.25. The summed E-state index contributed by atoms with van der Waals surface area (Å²) in [6, 6.07) is 9.18. The quantitative estimate of drug-likeness (QED) is 0.703. The normalized spacial score (nSPS) is 18.7.